The van der Waals surface area contributed by atoms with E-state index >= 15 is 0 Å². The minimum absolute atomic E-state index is 0.258. The van der Waals surface area contributed by atoms with E-state index in [0.717, 1.165) is 33.9 Å². The molecule has 1 saturated carbocycles. The van der Waals surface area contributed by atoms with Crippen molar-refractivity contribution in [2.75, 3.05) is 26.1 Å². The van der Waals surface area contributed by atoms with E-state index in [2.05, 4.69) is 45.1 Å². The minimum Gasteiger partial charge on any atom is -0.482 e. The molecular formula is C27H37N3O5S. The van der Waals surface area contributed by atoms with E-state index < -0.39 is 24.5 Å². The van der Waals surface area contributed by atoms with Crippen LogP contribution >= 0.6 is 11.3 Å². The number of methoxy groups -OCH3 is 1. The molecule has 1 heterocycles. The third-order valence-electron chi connectivity index (χ3n) is 6.56. The largest absolute Gasteiger partial charge is 0.482 e. The Morgan fingerprint density at radius 1 is 1.17 bits per heavy atom. The molecule has 0 spiro atoms. The van der Waals surface area contributed by atoms with Gasteiger partial charge in [0.1, 0.15) is 5.75 Å². The number of urea groups is 1. The number of imide groups is 1. The molecule has 1 aliphatic carbocycles. The van der Waals surface area contributed by atoms with Crippen LogP contribution in [-0.4, -0.2) is 49.6 Å². The number of rotatable bonds is 7. The number of hydrogen-bond acceptors (Lipinski definition) is 7. The molecule has 1 fully saturated rings. The van der Waals surface area contributed by atoms with E-state index in [0.29, 0.717) is 11.6 Å². The molecule has 1 aromatic heterocycles. The summed E-state index contributed by atoms with van der Waals surface area (Å²) in [7, 11) is 2.57. The van der Waals surface area contributed by atoms with E-state index in [4.69, 9.17) is 15.2 Å². The highest BCUT2D eigenvalue weighted by Crippen LogP contribution is 2.47. The predicted molar refractivity (Wildman–Crippen MR) is 143 cm³/mol. The number of anilines is 1. The van der Waals surface area contributed by atoms with E-state index in [9.17, 15) is 14.4 Å². The normalized spacial score (nSPS) is 16.8. The van der Waals surface area contributed by atoms with Crippen molar-refractivity contribution < 1.29 is 23.9 Å². The van der Waals surface area contributed by atoms with Crippen molar-refractivity contribution in [3.63, 3.8) is 0 Å². The molecule has 0 bridgehead atoms. The van der Waals surface area contributed by atoms with Gasteiger partial charge >= 0.3 is 12.0 Å². The first kappa shape index (κ1) is 27.5. The summed E-state index contributed by atoms with van der Waals surface area (Å²) >= 11 is 1.25. The maximum atomic E-state index is 12.5. The number of primary amides is 1. The van der Waals surface area contributed by atoms with Crippen molar-refractivity contribution in [2.24, 2.45) is 16.6 Å². The number of amides is 3. The van der Waals surface area contributed by atoms with E-state index in [1.165, 1.54) is 31.9 Å². The number of likely N-dealkylation sites (N-methyl/N-ethyl adjacent to an activating group) is 1. The Bertz CT molecular complexity index is 1140. The third-order valence-corrected chi connectivity index (χ3v) is 7.86. The minimum atomic E-state index is -0.881. The molecule has 1 aromatic carbocycles. The maximum absolute atomic E-state index is 12.5. The predicted octanol–water partition coefficient (Wildman–Crippen LogP) is 5.44. The van der Waals surface area contributed by atoms with Crippen molar-refractivity contribution in [2.45, 2.75) is 59.9 Å². The fourth-order valence-corrected chi connectivity index (χ4v) is 6.63. The molecule has 1 aliphatic rings. The summed E-state index contributed by atoms with van der Waals surface area (Å²) in [6.45, 7) is 10.7. The van der Waals surface area contributed by atoms with Gasteiger partial charge in [0.25, 0.3) is 5.91 Å². The van der Waals surface area contributed by atoms with Gasteiger partial charge in [-0.15, -0.1) is 11.3 Å². The van der Waals surface area contributed by atoms with Crippen molar-refractivity contribution in [3.8, 4) is 16.2 Å². The lowest BCUT2D eigenvalue weighted by Crippen LogP contribution is -2.40. The average Bonchev–Trinajstić information content (AvgIpc) is 3.10. The van der Waals surface area contributed by atoms with Gasteiger partial charge in [-0.1, -0.05) is 39.8 Å². The fourth-order valence-electron chi connectivity index (χ4n) is 5.46. The van der Waals surface area contributed by atoms with E-state index in [1.54, 1.807) is 0 Å². The Hall–Kier alpha value is -3.07. The molecule has 196 valence electrons. The third kappa shape index (κ3) is 6.37. The fraction of sp³-hybridized carbons (Fsp3) is 0.519. The highest BCUT2D eigenvalue weighted by Gasteiger charge is 2.38. The number of nitrogens with two attached hydrogens (primary N) is 1. The van der Waals surface area contributed by atoms with Gasteiger partial charge in [-0.2, -0.15) is 0 Å². The number of carbonyl (C=O) groups excluding carboxylic acids is 3. The summed E-state index contributed by atoms with van der Waals surface area (Å²) in [6.07, 6.45) is 3.39. The van der Waals surface area contributed by atoms with Crippen LogP contribution in [0.5, 0.6) is 5.75 Å². The van der Waals surface area contributed by atoms with Gasteiger partial charge in [0, 0.05) is 29.2 Å². The lowest BCUT2D eigenvalue weighted by Gasteiger charge is -2.45. The van der Waals surface area contributed by atoms with Crippen LogP contribution in [0.2, 0.25) is 0 Å². The van der Waals surface area contributed by atoms with Gasteiger partial charge in [0.15, 0.2) is 11.5 Å². The summed E-state index contributed by atoms with van der Waals surface area (Å²) in [5.74, 6) is -0.904. The molecule has 2 aromatic rings. The second-order valence-corrected chi connectivity index (χ2v) is 12.1. The number of thiophene rings is 1. The second kappa shape index (κ2) is 10.5. The summed E-state index contributed by atoms with van der Waals surface area (Å²) in [5.41, 5.74) is 8.35. The smallest absolute Gasteiger partial charge is 0.351 e. The van der Waals surface area contributed by atoms with Gasteiger partial charge in [-0.3, -0.25) is 9.69 Å². The van der Waals surface area contributed by atoms with Gasteiger partial charge in [0.2, 0.25) is 0 Å². The summed E-state index contributed by atoms with van der Waals surface area (Å²) in [6, 6.07) is 7.58. The first-order chi connectivity index (χ1) is 16.7. The number of ether oxygens (including phenoxy) is 2. The Labute approximate surface area is 217 Å². The van der Waals surface area contributed by atoms with Gasteiger partial charge in [-0.05, 0) is 54.7 Å². The lowest BCUT2D eigenvalue weighted by atomic mass is 9.63. The van der Waals surface area contributed by atoms with Crippen LogP contribution in [0.25, 0.3) is 10.4 Å². The van der Waals surface area contributed by atoms with E-state index in [1.807, 2.05) is 19.1 Å². The summed E-state index contributed by atoms with van der Waals surface area (Å²) < 4.78 is 10.7. The Morgan fingerprint density at radius 3 is 2.39 bits per heavy atom. The van der Waals surface area contributed by atoms with Gasteiger partial charge in [-0.25, -0.2) is 9.59 Å². The van der Waals surface area contributed by atoms with Crippen molar-refractivity contribution >= 4 is 34.9 Å². The van der Waals surface area contributed by atoms with Crippen LogP contribution in [0.4, 0.5) is 10.5 Å². The molecular weight excluding hydrogens is 478 g/mol. The summed E-state index contributed by atoms with van der Waals surface area (Å²) in [4.78, 5) is 37.8. The highest BCUT2D eigenvalue weighted by atomic mass is 32.1. The average molecular weight is 516 g/mol. The first-order valence-corrected chi connectivity index (χ1v) is 12.8. The molecule has 36 heavy (non-hydrogen) atoms. The highest BCUT2D eigenvalue weighted by molar-refractivity contribution is 7.18. The molecule has 8 nitrogen and oxygen atoms in total. The monoisotopic (exact) mass is 515 g/mol. The quantitative estimate of drug-likeness (QED) is 0.475. The molecule has 0 radical (unpaired) electrons. The summed E-state index contributed by atoms with van der Waals surface area (Å²) in [5, 5.41) is 3.73. The number of hydrogen-bond donors (Lipinski definition) is 2. The Balaban J connectivity index is 1.88. The topological polar surface area (TPSA) is 111 Å². The SMILES string of the molecule is COC(=O)c1sc(-c2cccc(NC3CC(C)(C)CC(C)(C)C3)c2)c(C)c1OCC(=O)N(C)C(N)=O. The molecule has 0 atom stereocenters. The molecule has 0 unspecified atom stereocenters. The van der Waals surface area contributed by atoms with Crippen LogP contribution in [0.3, 0.4) is 0 Å². The number of carbonyl (C=O) groups is 3. The van der Waals surface area contributed by atoms with Crippen LogP contribution in [0.1, 0.15) is 62.2 Å². The molecule has 0 aliphatic heterocycles. The van der Waals surface area contributed by atoms with Gasteiger partial charge < -0.3 is 20.5 Å². The van der Waals surface area contributed by atoms with Gasteiger partial charge in [0.05, 0.1) is 7.11 Å². The van der Waals surface area contributed by atoms with Crippen LogP contribution in [0, 0.1) is 17.8 Å². The lowest BCUT2D eigenvalue weighted by molar-refractivity contribution is -0.129. The van der Waals surface area contributed by atoms with Crippen LogP contribution in [-0.2, 0) is 9.53 Å². The van der Waals surface area contributed by atoms with Crippen LogP contribution in [0.15, 0.2) is 24.3 Å². The van der Waals surface area contributed by atoms with Crippen LogP contribution < -0.4 is 15.8 Å². The molecule has 0 saturated heterocycles. The number of nitrogens with one attached hydrogen (secondary N) is 1. The van der Waals surface area contributed by atoms with Crippen molar-refractivity contribution in [3.05, 3.63) is 34.7 Å². The number of nitrogens with zero attached hydrogens (tertiary/aromatic N) is 1. The number of esters is 1. The molecule has 3 N–H and O–H groups in total. The molecule has 3 rings (SSSR count). The zero-order valence-electron chi connectivity index (χ0n) is 22.2. The Kier molecular flexibility index (Phi) is 8.03. The van der Waals surface area contributed by atoms with E-state index in [-0.39, 0.29) is 21.5 Å². The van der Waals surface area contributed by atoms with Crippen molar-refractivity contribution in [1.82, 2.24) is 4.90 Å². The zero-order chi connectivity index (χ0) is 26.8. The first-order valence-electron chi connectivity index (χ1n) is 12.0. The second-order valence-electron chi connectivity index (χ2n) is 11.1. The van der Waals surface area contributed by atoms with Crippen molar-refractivity contribution in [1.29, 1.82) is 0 Å². The Morgan fingerprint density at radius 2 is 1.81 bits per heavy atom. The standard InChI is InChI=1S/C27H37N3O5S/c1-16-21(35-14-20(31)30(6)25(28)33)23(24(32)34-7)36-22(16)17-9-8-10-18(11-17)29-19-12-26(2,3)15-27(4,5)13-19/h8-11,19,29H,12-15H2,1-7H3,(H2,28,33). The molecule has 9 heteroatoms. The maximum Gasteiger partial charge on any atom is 0.351 e. The number of benzene rings is 1. The molecule has 3 amide bonds. The zero-order valence-corrected chi connectivity index (χ0v) is 23.0.